The second-order valence-electron chi connectivity index (χ2n) is 6.93. The first kappa shape index (κ1) is 20.6. The van der Waals surface area contributed by atoms with Crippen molar-refractivity contribution < 1.29 is 9.53 Å². The number of fused-ring (bicyclic) bond motifs is 1. The molecule has 4 aromatic rings. The summed E-state index contributed by atoms with van der Waals surface area (Å²) in [6, 6.07) is 16.3. The maximum absolute atomic E-state index is 12.9. The normalized spacial score (nSPS) is 10.9. The third kappa shape index (κ3) is 4.29. The van der Waals surface area contributed by atoms with Gasteiger partial charge in [0, 0.05) is 17.1 Å². The lowest BCUT2D eigenvalue weighted by Crippen LogP contribution is -2.34. The maximum atomic E-state index is 12.9. The number of ether oxygens (including phenoxy) is 1. The van der Waals surface area contributed by atoms with Crippen LogP contribution < -0.4 is 15.6 Å². The van der Waals surface area contributed by atoms with Gasteiger partial charge in [0.25, 0.3) is 5.56 Å². The Morgan fingerprint density at radius 3 is 2.58 bits per heavy atom. The van der Waals surface area contributed by atoms with Crippen LogP contribution >= 0.6 is 11.6 Å². The van der Waals surface area contributed by atoms with Gasteiger partial charge in [0.1, 0.15) is 23.6 Å². The fraction of sp³-hybridized carbons (Fsp3) is 0.182. The highest BCUT2D eigenvalue weighted by Gasteiger charge is 2.15. The van der Waals surface area contributed by atoms with E-state index in [4.69, 9.17) is 16.3 Å². The number of halogens is 1. The predicted molar refractivity (Wildman–Crippen MR) is 117 cm³/mol. The average molecular weight is 438 g/mol. The monoisotopic (exact) mass is 437 g/mol. The molecule has 4 rings (SSSR count). The van der Waals surface area contributed by atoms with Crippen molar-refractivity contribution in [3.8, 4) is 17.0 Å². The molecule has 0 bridgehead atoms. The molecule has 1 amide bonds. The summed E-state index contributed by atoms with van der Waals surface area (Å²) < 4.78 is 7.81. The standard InChI is InChI=1S/C22H20ClN5O3/c1-14-25-27(13-21(29)24-12-16-5-3-4-6-18(16)23)22(30)20-11-19(26-28(14)20)15-7-9-17(31-2)10-8-15/h3-11H,12-13H2,1-2H3,(H,24,29). The van der Waals surface area contributed by atoms with E-state index in [1.54, 1.807) is 26.2 Å². The number of aromatic nitrogens is 4. The zero-order valence-corrected chi connectivity index (χ0v) is 17.8. The quantitative estimate of drug-likeness (QED) is 0.501. The summed E-state index contributed by atoms with van der Waals surface area (Å²) in [4.78, 5) is 25.3. The van der Waals surface area contributed by atoms with Crippen molar-refractivity contribution in [2.45, 2.75) is 20.0 Å². The lowest BCUT2D eigenvalue weighted by molar-refractivity contribution is -0.122. The number of carbonyl (C=O) groups excluding carboxylic acids is 1. The Hall–Kier alpha value is -3.65. The largest absolute Gasteiger partial charge is 0.497 e. The molecule has 9 heteroatoms. The smallest absolute Gasteiger partial charge is 0.293 e. The van der Waals surface area contributed by atoms with Crippen LogP contribution in [0, 0.1) is 6.92 Å². The second-order valence-corrected chi connectivity index (χ2v) is 7.34. The van der Waals surface area contributed by atoms with Gasteiger partial charge in [-0.15, -0.1) is 0 Å². The Labute approximate surface area is 183 Å². The Bertz CT molecular complexity index is 1310. The number of carbonyl (C=O) groups is 1. The minimum absolute atomic E-state index is 0.205. The van der Waals surface area contributed by atoms with Crippen molar-refractivity contribution in [3.05, 3.63) is 81.4 Å². The average Bonchev–Trinajstić information content (AvgIpc) is 3.23. The molecule has 0 spiro atoms. The van der Waals surface area contributed by atoms with Crippen LogP contribution in [0.4, 0.5) is 0 Å². The minimum atomic E-state index is -0.397. The van der Waals surface area contributed by atoms with Crippen LogP contribution in [-0.2, 0) is 17.9 Å². The van der Waals surface area contributed by atoms with Crippen molar-refractivity contribution in [1.82, 2.24) is 24.7 Å². The number of rotatable bonds is 6. The number of hydrogen-bond acceptors (Lipinski definition) is 5. The molecular weight excluding hydrogens is 418 g/mol. The Morgan fingerprint density at radius 2 is 1.87 bits per heavy atom. The van der Waals surface area contributed by atoms with E-state index in [1.165, 1.54) is 4.52 Å². The summed E-state index contributed by atoms with van der Waals surface area (Å²) in [5.41, 5.74) is 2.21. The summed E-state index contributed by atoms with van der Waals surface area (Å²) in [6.07, 6.45) is 0. The van der Waals surface area contributed by atoms with Crippen LogP contribution in [-0.4, -0.2) is 32.4 Å². The fourth-order valence-corrected chi connectivity index (χ4v) is 3.41. The van der Waals surface area contributed by atoms with Gasteiger partial charge in [-0.05, 0) is 48.9 Å². The molecule has 1 N–H and O–H groups in total. The lowest BCUT2D eigenvalue weighted by atomic mass is 10.1. The maximum Gasteiger partial charge on any atom is 0.293 e. The first-order valence-corrected chi connectivity index (χ1v) is 9.96. The molecule has 8 nitrogen and oxygen atoms in total. The van der Waals surface area contributed by atoms with E-state index >= 15 is 0 Å². The molecule has 0 saturated heterocycles. The Kier molecular flexibility index (Phi) is 5.73. The number of methoxy groups -OCH3 is 1. The highest BCUT2D eigenvalue weighted by Crippen LogP contribution is 2.22. The van der Waals surface area contributed by atoms with E-state index < -0.39 is 5.56 Å². The van der Waals surface area contributed by atoms with Crippen LogP contribution in [0.1, 0.15) is 11.4 Å². The van der Waals surface area contributed by atoms with Gasteiger partial charge in [-0.2, -0.15) is 10.2 Å². The molecule has 2 aromatic carbocycles. The molecule has 0 aliphatic carbocycles. The SMILES string of the molecule is COc1ccc(-c2cc3c(=O)n(CC(=O)NCc4ccccc4Cl)nc(C)n3n2)cc1. The molecule has 2 heterocycles. The first-order chi connectivity index (χ1) is 15.0. The van der Waals surface area contributed by atoms with Crippen molar-refractivity contribution in [3.63, 3.8) is 0 Å². The molecule has 0 fully saturated rings. The fourth-order valence-electron chi connectivity index (χ4n) is 3.21. The van der Waals surface area contributed by atoms with Crippen molar-refractivity contribution in [2.75, 3.05) is 7.11 Å². The van der Waals surface area contributed by atoms with Crippen molar-refractivity contribution in [2.24, 2.45) is 0 Å². The summed E-state index contributed by atoms with van der Waals surface area (Å²) in [5, 5.41) is 12.1. The molecule has 31 heavy (non-hydrogen) atoms. The third-order valence-electron chi connectivity index (χ3n) is 4.85. The number of nitrogens with zero attached hydrogens (tertiary/aromatic N) is 4. The van der Waals surface area contributed by atoms with E-state index in [-0.39, 0.29) is 19.0 Å². The number of hydrogen-bond donors (Lipinski definition) is 1. The molecule has 0 radical (unpaired) electrons. The number of amides is 1. The zero-order chi connectivity index (χ0) is 22.0. The zero-order valence-electron chi connectivity index (χ0n) is 17.0. The molecule has 0 saturated carbocycles. The number of benzene rings is 2. The topological polar surface area (TPSA) is 90.5 Å². The van der Waals surface area contributed by atoms with E-state index in [1.807, 2.05) is 42.5 Å². The Morgan fingerprint density at radius 1 is 1.13 bits per heavy atom. The summed E-state index contributed by atoms with van der Waals surface area (Å²) >= 11 is 6.11. The van der Waals surface area contributed by atoms with Gasteiger partial charge in [-0.3, -0.25) is 9.59 Å². The van der Waals surface area contributed by atoms with Crippen LogP contribution in [0.2, 0.25) is 5.02 Å². The lowest BCUT2D eigenvalue weighted by Gasteiger charge is -2.09. The van der Waals surface area contributed by atoms with Gasteiger partial charge in [-0.1, -0.05) is 29.8 Å². The predicted octanol–water partition coefficient (Wildman–Crippen LogP) is 2.84. The molecule has 0 unspecified atom stereocenters. The number of aryl methyl sites for hydroxylation is 1. The van der Waals surface area contributed by atoms with Gasteiger partial charge < -0.3 is 10.1 Å². The van der Waals surface area contributed by atoms with Crippen LogP contribution in [0.3, 0.4) is 0 Å². The van der Waals surface area contributed by atoms with Crippen LogP contribution in [0.25, 0.3) is 16.8 Å². The minimum Gasteiger partial charge on any atom is -0.497 e. The first-order valence-electron chi connectivity index (χ1n) is 9.58. The van der Waals surface area contributed by atoms with Gasteiger partial charge in [0.2, 0.25) is 5.91 Å². The molecule has 0 aliphatic heterocycles. The van der Waals surface area contributed by atoms with Crippen molar-refractivity contribution >= 4 is 23.0 Å². The third-order valence-corrected chi connectivity index (χ3v) is 5.22. The summed E-state index contributed by atoms with van der Waals surface area (Å²) in [6.45, 7) is 1.79. The highest BCUT2D eigenvalue weighted by molar-refractivity contribution is 6.31. The van der Waals surface area contributed by atoms with Gasteiger partial charge in [0.15, 0.2) is 0 Å². The van der Waals surface area contributed by atoms with E-state index in [0.717, 1.165) is 21.6 Å². The molecular formula is C22H20ClN5O3. The second kappa shape index (κ2) is 8.61. The van der Waals surface area contributed by atoms with Gasteiger partial charge >= 0.3 is 0 Å². The van der Waals surface area contributed by atoms with E-state index in [2.05, 4.69) is 15.5 Å². The van der Waals surface area contributed by atoms with Gasteiger partial charge in [-0.25, -0.2) is 9.20 Å². The van der Waals surface area contributed by atoms with E-state index in [9.17, 15) is 9.59 Å². The van der Waals surface area contributed by atoms with Gasteiger partial charge in [0.05, 0.1) is 12.8 Å². The highest BCUT2D eigenvalue weighted by atomic mass is 35.5. The molecule has 158 valence electrons. The number of nitrogens with one attached hydrogen (secondary N) is 1. The van der Waals surface area contributed by atoms with Crippen molar-refractivity contribution in [1.29, 1.82) is 0 Å². The molecule has 0 atom stereocenters. The van der Waals surface area contributed by atoms with Crippen LogP contribution in [0.5, 0.6) is 5.75 Å². The summed E-state index contributed by atoms with van der Waals surface area (Å²) in [5.74, 6) is 0.886. The van der Waals surface area contributed by atoms with E-state index in [0.29, 0.717) is 22.1 Å². The molecule has 0 aliphatic rings. The summed E-state index contributed by atoms with van der Waals surface area (Å²) in [7, 11) is 1.60. The Balaban J connectivity index is 1.57. The van der Waals surface area contributed by atoms with Crippen LogP contribution in [0.15, 0.2) is 59.4 Å². The molecule has 2 aromatic heterocycles.